The molecule has 1 aliphatic rings. The molecular weight excluding hydrogens is 268 g/mol. The van der Waals surface area contributed by atoms with Gasteiger partial charge >= 0.3 is 0 Å². The first-order valence-electron chi connectivity index (χ1n) is 6.81. The van der Waals surface area contributed by atoms with E-state index in [9.17, 15) is 0 Å². The van der Waals surface area contributed by atoms with Gasteiger partial charge in [-0.2, -0.15) is 5.10 Å². The molecule has 3 rings (SSSR count). The van der Waals surface area contributed by atoms with E-state index in [0.717, 1.165) is 25.2 Å². The highest BCUT2D eigenvalue weighted by atomic mass is 32.1. The van der Waals surface area contributed by atoms with Crippen LogP contribution in [0.15, 0.2) is 30.5 Å². The van der Waals surface area contributed by atoms with E-state index < -0.39 is 0 Å². The third kappa shape index (κ3) is 2.54. The van der Waals surface area contributed by atoms with Crippen LogP contribution >= 0.6 is 12.2 Å². The number of aryl methyl sites for hydroxylation is 3. The van der Waals surface area contributed by atoms with Gasteiger partial charge in [-0.15, -0.1) is 0 Å². The Morgan fingerprint density at radius 3 is 2.95 bits per heavy atom. The summed E-state index contributed by atoms with van der Waals surface area (Å²) in [7, 11) is 1.90. The van der Waals surface area contributed by atoms with Gasteiger partial charge in [-0.3, -0.25) is 4.68 Å². The SMILES string of the molecule is Cc1ccc2c(c1)CCCN2C(=S)Nc1ccn(C)n1. The zero-order valence-electron chi connectivity index (χ0n) is 11.8. The van der Waals surface area contributed by atoms with Crippen LogP contribution in [0, 0.1) is 6.92 Å². The second-order valence-electron chi connectivity index (χ2n) is 5.19. The summed E-state index contributed by atoms with van der Waals surface area (Å²) in [4.78, 5) is 2.17. The van der Waals surface area contributed by atoms with Crippen molar-refractivity contribution >= 4 is 28.8 Å². The normalized spacial score (nSPS) is 14.0. The molecular formula is C15H18N4S. The Bertz CT molecular complexity index is 647. The van der Waals surface area contributed by atoms with Crippen LogP contribution in [0.1, 0.15) is 17.5 Å². The van der Waals surface area contributed by atoms with Crippen LogP contribution in [0.4, 0.5) is 11.5 Å². The fourth-order valence-corrected chi connectivity index (χ4v) is 2.89. The van der Waals surface area contributed by atoms with Crippen LogP contribution in [0.5, 0.6) is 0 Å². The number of nitrogens with zero attached hydrogens (tertiary/aromatic N) is 3. The molecule has 0 amide bonds. The number of anilines is 2. The molecule has 4 nitrogen and oxygen atoms in total. The monoisotopic (exact) mass is 286 g/mol. The van der Waals surface area contributed by atoms with Gasteiger partial charge in [-0.05, 0) is 43.6 Å². The van der Waals surface area contributed by atoms with Gasteiger partial charge in [-0.1, -0.05) is 17.7 Å². The number of fused-ring (bicyclic) bond motifs is 1. The first kappa shape index (κ1) is 13.1. The molecule has 20 heavy (non-hydrogen) atoms. The Morgan fingerprint density at radius 2 is 2.20 bits per heavy atom. The van der Waals surface area contributed by atoms with Gasteiger partial charge in [0, 0.05) is 31.5 Å². The van der Waals surface area contributed by atoms with Crippen molar-refractivity contribution in [3.63, 3.8) is 0 Å². The average molecular weight is 286 g/mol. The molecule has 1 aromatic carbocycles. The topological polar surface area (TPSA) is 33.1 Å². The smallest absolute Gasteiger partial charge is 0.179 e. The summed E-state index contributed by atoms with van der Waals surface area (Å²) in [6.07, 6.45) is 4.15. The van der Waals surface area contributed by atoms with E-state index in [-0.39, 0.29) is 0 Å². The van der Waals surface area contributed by atoms with Crippen molar-refractivity contribution in [2.24, 2.45) is 7.05 Å². The molecule has 0 spiro atoms. The van der Waals surface area contributed by atoms with E-state index in [1.165, 1.54) is 16.8 Å². The first-order chi connectivity index (χ1) is 9.63. The minimum atomic E-state index is 0.716. The van der Waals surface area contributed by atoms with Crippen LogP contribution in [-0.4, -0.2) is 21.4 Å². The van der Waals surface area contributed by atoms with Gasteiger partial charge < -0.3 is 10.2 Å². The Labute approximate surface area is 124 Å². The van der Waals surface area contributed by atoms with E-state index in [1.54, 1.807) is 4.68 Å². The Balaban J connectivity index is 1.83. The summed E-state index contributed by atoms with van der Waals surface area (Å²) in [6.45, 7) is 3.08. The van der Waals surface area contributed by atoms with Gasteiger partial charge in [0.15, 0.2) is 10.9 Å². The zero-order chi connectivity index (χ0) is 14.1. The fraction of sp³-hybridized carbons (Fsp3) is 0.333. The molecule has 1 N–H and O–H groups in total. The molecule has 0 aliphatic carbocycles. The average Bonchev–Trinajstić information content (AvgIpc) is 2.83. The van der Waals surface area contributed by atoms with Crippen molar-refractivity contribution in [3.8, 4) is 0 Å². The van der Waals surface area contributed by atoms with Crippen molar-refractivity contribution in [2.45, 2.75) is 19.8 Å². The standard InChI is InChI=1S/C15H18N4S/c1-11-5-6-13-12(10-11)4-3-8-19(13)15(20)16-14-7-9-18(2)17-14/h5-7,9-10H,3-4,8H2,1-2H3,(H,16,17,20). The quantitative estimate of drug-likeness (QED) is 0.817. The lowest BCUT2D eigenvalue weighted by Gasteiger charge is -2.31. The molecule has 0 saturated heterocycles. The first-order valence-corrected chi connectivity index (χ1v) is 7.22. The summed E-state index contributed by atoms with van der Waals surface area (Å²) in [5.41, 5.74) is 3.89. The predicted octanol–water partition coefficient (Wildman–Crippen LogP) is 2.88. The summed E-state index contributed by atoms with van der Waals surface area (Å²) in [5.74, 6) is 0.789. The lowest BCUT2D eigenvalue weighted by atomic mass is 10.00. The van der Waals surface area contributed by atoms with Gasteiger partial charge in [0.25, 0.3) is 0 Å². The second kappa shape index (κ2) is 5.25. The largest absolute Gasteiger partial charge is 0.318 e. The third-order valence-corrected chi connectivity index (χ3v) is 3.87. The molecule has 104 valence electrons. The Hall–Kier alpha value is -1.88. The minimum Gasteiger partial charge on any atom is -0.318 e. The zero-order valence-corrected chi connectivity index (χ0v) is 12.6. The maximum atomic E-state index is 5.54. The van der Waals surface area contributed by atoms with Crippen LogP contribution in [0.3, 0.4) is 0 Å². The molecule has 0 unspecified atom stereocenters. The highest BCUT2D eigenvalue weighted by molar-refractivity contribution is 7.80. The third-order valence-electron chi connectivity index (χ3n) is 3.55. The van der Waals surface area contributed by atoms with Gasteiger partial charge in [0.1, 0.15) is 0 Å². The van der Waals surface area contributed by atoms with E-state index in [0.29, 0.717) is 5.11 Å². The van der Waals surface area contributed by atoms with Crippen molar-refractivity contribution in [3.05, 3.63) is 41.6 Å². The molecule has 5 heteroatoms. The molecule has 1 aromatic heterocycles. The molecule has 2 heterocycles. The van der Waals surface area contributed by atoms with Crippen LogP contribution < -0.4 is 10.2 Å². The lowest BCUT2D eigenvalue weighted by molar-refractivity contribution is 0.768. The minimum absolute atomic E-state index is 0.716. The summed E-state index contributed by atoms with van der Waals surface area (Å²) >= 11 is 5.54. The summed E-state index contributed by atoms with van der Waals surface area (Å²) in [5, 5.41) is 8.24. The molecule has 0 bridgehead atoms. The summed E-state index contributed by atoms with van der Waals surface area (Å²) in [6, 6.07) is 8.48. The maximum Gasteiger partial charge on any atom is 0.179 e. The number of thiocarbonyl (C=S) groups is 1. The van der Waals surface area contributed by atoms with Gasteiger partial charge in [-0.25, -0.2) is 0 Å². The van der Waals surface area contributed by atoms with Gasteiger partial charge in [0.05, 0.1) is 0 Å². The number of hydrogen-bond donors (Lipinski definition) is 1. The van der Waals surface area contributed by atoms with Crippen molar-refractivity contribution in [2.75, 3.05) is 16.8 Å². The predicted molar refractivity (Wildman–Crippen MR) is 86.3 cm³/mol. The molecule has 0 saturated carbocycles. The Kier molecular flexibility index (Phi) is 3.44. The number of rotatable bonds is 1. The number of aromatic nitrogens is 2. The number of benzene rings is 1. The molecule has 0 fully saturated rings. The maximum absolute atomic E-state index is 5.54. The molecule has 1 aliphatic heterocycles. The fourth-order valence-electron chi connectivity index (χ4n) is 2.60. The van der Waals surface area contributed by atoms with E-state index >= 15 is 0 Å². The second-order valence-corrected chi connectivity index (χ2v) is 5.58. The van der Waals surface area contributed by atoms with Crippen LogP contribution in [-0.2, 0) is 13.5 Å². The van der Waals surface area contributed by atoms with Crippen LogP contribution in [0.25, 0.3) is 0 Å². The highest BCUT2D eigenvalue weighted by Gasteiger charge is 2.20. The Morgan fingerprint density at radius 1 is 1.35 bits per heavy atom. The van der Waals surface area contributed by atoms with E-state index in [1.807, 2.05) is 19.3 Å². The lowest BCUT2D eigenvalue weighted by Crippen LogP contribution is -2.38. The van der Waals surface area contributed by atoms with Crippen molar-refractivity contribution in [1.82, 2.24) is 9.78 Å². The highest BCUT2D eigenvalue weighted by Crippen LogP contribution is 2.28. The number of nitrogens with one attached hydrogen (secondary N) is 1. The van der Waals surface area contributed by atoms with Crippen molar-refractivity contribution < 1.29 is 0 Å². The van der Waals surface area contributed by atoms with E-state index in [4.69, 9.17) is 12.2 Å². The van der Waals surface area contributed by atoms with Crippen molar-refractivity contribution in [1.29, 1.82) is 0 Å². The van der Waals surface area contributed by atoms with E-state index in [2.05, 4.69) is 40.4 Å². The molecule has 2 aromatic rings. The van der Waals surface area contributed by atoms with Gasteiger partial charge in [0.2, 0.25) is 0 Å². The molecule has 0 atom stereocenters. The summed E-state index contributed by atoms with van der Waals surface area (Å²) < 4.78 is 1.76. The van der Waals surface area contributed by atoms with Crippen LogP contribution in [0.2, 0.25) is 0 Å². The molecule has 0 radical (unpaired) electrons. The number of hydrogen-bond acceptors (Lipinski definition) is 2.